The van der Waals surface area contributed by atoms with Gasteiger partial charge in [0, 0.05) is 31.3 Å². The Hall–Kier alpha value is -3.54. The zero-order valence-corrected chi connectivity index (χ0v) is 18.0. The highest BCUT2D eigenvalue weighted by Gasteiger charge is 2.23. The predicted molar refractivity (Wildman–Crippen MR) is 119 cm³/mol. The lowest BCUT2D eigenvalue weighted by atomic mass is 9.95. The third-order valence-corrected chi connectivity index (χ3v) is 6.32. The van der Waals surface area contributed by atoms with E-state index in [0.29, 0.717) is 25.9 Å². The van der Waals surface area contributed by atoms with Gasteiger partial charge in [0.05, 0.1) is 5.69 Å². The Kier molecular flexibility index (Phi) is 5.00. The molecule has 0 atom stereocenters. The van der Waals surface area contributed by atoms with Crippen molar-refractivity contribution in [2.45, 2.75) is 39.8 Å². The summed E-state index contributed by atoms with van der Waals surface area (Å²) in [5.74, 6) is -1.21. The van der Waals surface area contributed by atoms with Crippen LogP contribution in [0.15, 0.2) is 54.6 Å². The Bertz CT molecular complexity index is 1320. The molecule has 5 rings (SSSR count). The van der Waals surface area contributed by atoms with Crippen molar-refractivity contribution in [3.8, 4) is 5.69 Å². The number of hydrogen-bond donors (Lipinski definition) is 0. The van der Waals surface area contributed by atoms with E-state index in [-0.39, 0.29) is 11.6 Å². The first-order chi connectivity index (χ1) is 15.4. The van der Waals surface area contributed by atoms with E-state index in [1.807, 2.05) is 30.9 Å². The summed E-state index contributed by atoms with van der Waals surface area (Å²) in [5.41, 5.74) is 4.96. The number of halogens is 2. The highest BCUT2D eigenvalue weighted by Crippen LogP contribution is 2.30. The molecule has 1 aliphatic rings. The van der Waals surface area contributed by atoms with Crippen molar-refractivity contribution in [3.63, 3.8) is 0 Å². The first kappa shape index (κ1) is 20.4. The maximum atomic E-state index is 14.3. The molecule has 0 bridgehead atoms. The van der Waals surface area contributed by atoms with Crippen LogP contribution in [0.1, 0.15) is 34.5 Å². The average molecular weight is 431 g/mol. The van der Waals surface area contributed by atoms with Crippen LogP contribution in [0.3, 0.4) is 0 Å². The van der Waals surface area contributed by atoms with Crippen LogP contribution in [-0.4, -0.2) is 20.6 Å². The molecule has 0 N–H and O–H groups in total. The van der Waals surface area contributed by atoms with Gasteiger partial charge in [-0.2, -0.15) is 5.10 Å². The van der Waals surface area contributed by atoms with Gasteiger partial charge in [0.2, 0.25) is 5.91 Å². The van der Waals surface area contributed by atoms with Gasteiger partial charge in [0.1, 0.15) is 11.5 Å². The van der Waals surface area contributed by atoms with E-state index in [4.69, 9.17) is 0 Å². The normalized spacial score (nSPS) is 13.1. The zero-order valence-electron chi connectivity index (χ0n) is 18.0. The van der Waals surface area contributed by atoms with Crippen LogP contribution < -0.4 is 0 Å². The van der Waals surface area contributed by atoms with Crippen molar-refractivity contribution in [2.75, 3.05) is 0 Å². The molecule has 0 spiro atoms. The Morgan fingerprint density at radius 1 is 1.00 bits per heavy atom. The lowest BCUT2D eigenvalue weighted by Crippen LogP contribution is -2.32. The van der Waals surface area contributed by atoms with Crippen LogP contribution in [0.4, 0.5) is 8.78 Å². The van der Waals surface area contributed by atoms with Crippen LogP contribution >= 0.6 is 0 Å². The maximum Gasteiger partial charge on any atom is 0.223 e. The summed E-state index contributed by atoms with van der Waals surface area (Å²) in [7, 11) is 0. The van der Waals surface area contributed by atoms with Crippen molar-refractivity contribution in [3.05, 3.63) is 94.3 Å². The largest absolute Gasteiger partial charge is 0.334 e. The fraction of sp³-hybridized carbons (Fsp3) is 0.231. The number of hydrogen-bond acceptors (Lipinski definition) is 2. The Labute approximate surface area is 185 Å². The second kappa shape index (κ2) is 7.86. The van der Waals surface area contributed by atoms with E-state index in [0.717, 1.165) is 23.0 Å². The molecule has 0 unspecified atom stereocenters. The average Bonchev–Trinajstić information content (AvgIpc) is 3.05. The minimum Gasteiger partial charge on any atom is -0.334 e. The van der Waals surface area contributed by atoms with Crippen molar-refractivity contribution < 1.29 is 13.6 Å². The SMILES string of the molecule is Cc1nn(-c2ccc(F)cc2F)c(C)c1CCC(=O)N1Cc2cccc3cccc(c23)C1. The van der Waals surface area contributed by atoms with Crippen LogP contribution in [0, 0.1) is 25.5 Å². The van der Waals surface area contributed by atoms with Gasteiger partial charge in [-0.05, 0) is 59.9 Å². The molecule has 162 valence electrons. The summed E-state index contributed by atoms with van der Waals surface area (Å²) in [6, 6.07) is 15.9. The van der Waals surface area contributed by atoms with Crippen LogP contribution in [0.2, 0.25) is 0 Å². The Balaban J connectivity index is 1.34. The van der Waals surface area contributed by atoms with Gasteiger partial charge < -0.3 is 4.90 Å². The molecule has 1 aliphatic heterocycles. The smallest absolute Gasteiger partial charge is 0.223 e. The van der Waals surface area contributed by atoms with Crippen molar-refractivity contribution in [1.29, 1.82) is 0 Å². The number of carbonyl (C=O) groups excluding carboxylic acids is 1. The van der Waals surface area contributed by atoms with Crippen molar-refractivity contribution in [2.24, 2.45) is 0 Å². The summed E-state index contributed by atoms with van der Waals surface area (Å²) < 4.78 is 29.0. The fourth-order valence-electron chi connectivity index (χ4n) is 4.72. The lowest BCUT2D eigenvalue weighted by Gasteiger charge is -2.29. The maximum absolute atomic E-state index is 14.3. The fourth-order valence-corrected chi connectivity index (χ4v) is 4.72. The molecular weight excluding hydrogens is 408 g/mol. The van der Waals surface area contributed by atoms with Gasteiger partial charge in [-0.15, -0.1) is 0 Å². The summed E-state index contributed by atoms with van der Waals surface area (Å²) >= 11 is 0. The molecule has 0 saturated carbocycles. The highest BCUT2D eigenvalue weighted by atomic mass is 19.1. The quantitative estimate of drug-likeness (QED) is 0.434. The molecule has 0 fully saturated rings. The van der Waals surface area contributed by atoms with E-state index < -0.39 is 11.6 Å². The molecule has 32 heavy (non-hydrogen) atoms. The lowest BCUT2D eigenvalue weighted by molar-refractivity contribution is -0.132. The number of aromatic nitrogens is 2. The molecule has 2 heterocycles. The van der Waals surface area contributed by atoms with E-state index in [1.165, 1.54) is 38.7 Å². The summed E-state index contributed by atoms with van der Waals surface area (Å²) in [4.78, 5) is 15.0. The molecule has 6 heteroatoms. The summed E-state index contributed by atoms with van der Waals surface area (Å²) in [6.07, 6.45) is 0.860. The second-order valence-electron chi connectivity index (χ2n) is 8.34. The van der Waals surface area contributed by atoms with Gasteiger partial charge >= 0.3 is 0 Å². The standard InChI is InChI=1S/C26H23F2N3O/c1-16-22(17(2)31(29-16)24-11-9-21(27)13-23(24)28)10-12-25(32)30-14-19-7-3-5-18-6-4-8-20(15-30)26(18)19/h3-9,11,13H,10,12,14-15H2,1-2H3. The van der Waals surface area contributed by atoms with E-state index in [2.05, 4.69) is 29.4 Å². The van der Waals surface area contributed by atoms with Gasteiger partial charge in [-0.3, -0.25) is 4.79 Å². The van der Waals surface area contributed by atoms with Gasteiger partial charge in [0.25, 0.3) is 0 Å². The Morgan fingerprint density at radius 2 is 1.69 bits per heavy atom. The summed E-state index contributed by atoms with van der Waals surface area (Å²) in [5, 5.41) is 6.91. The second-order valence-corrected chi connectivity index (χ2v) is 8.34. The molecular formula is C26H23F2N3O. The van der Waals surface area contributed by atoms with E-state index in [1.54, 1.807) is 0 Å². The third kappa shape index (κ3) is 3.45. The van der Waals surface area contributed by atoms with E-state index in [9.17, 15) is 13.6 Å². The van der Waals surface area contributed by atoms with Gasteiger partial charge in [-0.25, -0.2) is 13.5 Å². The number of carbonyl (C=O) groups is 1. The molecule has 0 saturated heterocycles. The Morgan fingerprint density at radius 3 is 2.34 bits per heavy atom. The molecule has 1 amide bonds. The summed E-state index contributed by atoms with van der Waals surface area (Å²) in [6.45, 7) is 4.90. The monoisotopic (exact) mass is 431 g/mol. The van der Waals surface area contributed by atoms with Crippen LogP contribution in [0.25, 0.3) is 16.5 Å². The molecule has 4 nitrogen and oxygen atoms in total. The highest BCUT2D eigenvalue weighted by molar-refractivity contribution is 5.90. The van der Waals surface area contributed by atoms with Crippen LogP contribution in [0.5, 0.6) is 0 Å². The first-order valence-corrected chi connectivity index (χ1v) is 10.7. The molecule has 1 aromatic heterocycles. The van der Waals surface area contributed by atoms with Crippen molar-refractivity contribution >= 4 is 16.7 Å². The van der Waals surface area contributed by atoms with Gasteiger partial charge in [-0.1, -0.05) is 36.4 Å². The van der Waals surface area contributed by atoms with E-state index >= 15 is 0 Å². The molecule has 3 aromatic carbocycles. The molecule has 4 aromatic rings. The predicted octanol–water partition coefficient (Wildman–Crippen LogP) is 5.40. The number of amides is 1. The van der Waals surface area contributed by atoms with Crippen molar-refractivity contribution in [1.82, 2.24) is 14.7 Å². The topological polar surface area (TPSA) is 38.1 Å². The minimum absolute atomic E-state index is 0.0796. The zero-order chi connectivity index (χ0) is 22.4. The number of nitrogens with zero attached hydrogens (tertiary/aromatic N) is 3. The number of aryl methyl sites for hydroxylation is 1. The minimum atomic E-state index is -0.667. The first-order valence-electron chi connectivity index (χ1n) is 10.7. The third-order valence-electron chi connectivity index (χ3n) is 6.32. The molecule has 0 aliphatic carbocycles. The number of benzene rings is 3. The van der Waals surface area contributed by atoms with Crippen LogP contribution in [-0.2, 0) is 24.3 Å². The molecule has 0 radical (unpaired) electrons. The van der Waals surface area contributed by atoms with Gasteiger partial charge in [0.15, 0.2) is 5.82 Å². The number of rotatable bonds is 4.